The molecule has 0 saturated heterocycles. The predicted molar refractivity (Wildman–Crippen MR) is 104 cm³/mol. The third kappa shape index (κ3) is 5.80. The molecule has 1 aromatic rings. The predicted octanol–water partition coefficient (Wildman–Crippen LogP) is 2.83. The highest BCUT2D eigenvalue weighted by atomic mass is 32.2. The van der Waals surface area contributed by atoms with Crippen LogP contribution >= 0.6 is 0 Å². The van der Waals surface area contributed by atoms with Crippen LogP contribution in [0.4, 0.5) is 4.39 Å². The Hall–Kier alpha value is -1.94. The monoisotopic (exact) mass is 378 g/mol. The van der Waals surface area contributed by atoms with Crippen molar-refractivity contribution in [2.75, 3.05) is 12.3 Å². The summed E-state index contributed by atoms with van der Waals surface area (Å²) in [7, 11) is -0.773. The lowest BCUT2D eigenvalue weighted by Crippen LogP contribution is -2.46. The van der Waals surface area contributed by atoms with E-state index in [0.717, 1.165) is 25.7 Å². The molecule has 1 aliphatic carbocycles. The van der Waals surface area contributed by atoms with Crippen LogP contribution in [0, 0.1) is 17.1 Å². The molecule has 26 heavy (non-hydrogen) atoms. The number of nitrogens with zero attached hydrogens (tertiary/aromatic N) is 2. The van der Waals surface area contributed by atoms with Gasteiger partial charge in [-0.1, -0.05) is 13.3 Å². The molecular formula is C19H27FN4OS. The fourth-order valence-electron chi connectivity index (χ4n) is 3.19. The van der Waals surface area contributed by atoms with Gasteiger partial charge in [0.1, 0.15) is 5.82 Å². The first-order chi connectivity index (χ1) is 12.6. The Bertz CT molecular complexity index is 701. The lowest BCUT2D eigenvalue weighted by atomic mass is 9.95. The zero-order valence-electron chi connectivity index (χ0n) is 15.4. The molecule has 7 heteroatoms. The molecule has 1 fully saturated rings. The zero-order valence-corrected chi connectivity index (χ0v) is 16.2. The molecular weight excluding hydrogens is 351 g/mol. The molecule has 2 rings (SSSR count). The van der Waals surface area contributed by atoms with Crippen LogP contribution in [0.5, 0.6) is 0 Å². The van der Waals surface area contributed by atoms with Crippen LogP contribution in [0.1, 0.15) is 50.7 Å². The molecule has 3 atom stereocenters. The van der Waals surface area contributed by atoms with Crippen molar-refractivity contribution in [2.45, 2.75) is 57.4 Å². The van der Waals surface area contributed by atoms with Crippen LogP contribution < -0.4 is 10.6 Å². The third-order valence-corrected chi connectivity index (χ3v) is 6.29. The molecule has 3 unspecified atom stereocenters. The maximum Gasteiger partial charge on any atom is 0.191 e. The first kappa shape index (κ1) is 20.4. The molecule has 0 bridgehead atoms. The molecule has 2 N–H and O–H groups in total. The van der Waals surface area contributed by atoms with E-state index in [2.05, 4.69) is 15.6 Å². The molecule has 1 saturated carbocycles. The molecule has 0 spiro atoms. The van der Waals surface area contributed by atoms with Gasteiger partial charge in [0.25, 0.3) is 0 Å². The summed E-state index contributed by atoms with van der Waals surface area (Å²) in [6.45, 7) is 4.80. The van der Waals surface area contributed by atoms with E-state index in [4.69, 9.17) is 5.26 Å². The number of nitriles is 1. The lowest BCUT2D eigenvalue weighted by Gasteiger charge is -2.30. The Kier molecular flexibility index (Phi) is 8.05. The van der Waals surface area contributed by atoms with Crippen LogP contribution in [0.15, 0.2) is 23.2 Å². The maximum atomic E-state index is 13.9. The highest BCUT2D eigenvalue weighted by Crippen LogP contribution is 2.23. The number of hydrogen-bond donors (Lipinski definition) is 2. The van der Waals surface area contributed by atoms with Gasteiger partial charge in [0, 0.05) is 40.0 Å². The Morgan fingerprint density at radius 2 is 2.23 bits per heavy atom. The summed E-state index contributed by atoms with van der Waals surface area (Å²) < 4.78 is 26.0. The van der Waals surface area contributed by atoms with E-state index in [1.165, 1.54) is 18.2 Å². The third-order valence-electron chi connectivity index (χ3n) is 4.55. The average Bonchev–Trinajstić information content (AvgIpc) is 2.67. The molecule has 0 radical (unpaired) electrons. The number of halogens is 1. The van der Waals surface area contributed by atoms with E-state index in [0.29, 0.717) is 29.4 Å². The first-order valence-corrected chi connectivity index (χ1v) is 10.6. The molecule has 1 aliphatic rings. The minimum Gasteiger partial charge on any atom is -0.357 e. The highest BCUT2D eigenvalue weighted by Gasteiger charge is 2.26. The number of rotatable bonds is 6. The number of aliphatic imine (C=N–C) groups is 1. The topological polar surface area (TPSA) is 77.3 Å². The van der Waals surface area contributed by atoms with Crippen LogP contribution in [-0.4, -0.2) is 33.8 Å². The van der Waals surface area contributed by atoms with Gasteiger partial charge in [-0.25, -0.2) is 9.38 Å². The van der Waals surface area contributed by atoms with Gasteiger partial charge in [-0.05, 0) is 44.4 Å². The molecule has 5 nitrogen and oxygen atoms in total. The smallest absolute Gasteiger partial charge is 0.191 e. The minimum absolute atomic E-state index is 0.160. The number of benzene rings is 1. The van der Waals surface area contributed by atoms with E-state index in [1.54, 1.807) is 0 Å². The second kappa shape index (κ2) is 10.3. The molecule has 0 aromatic heterocycles. The summed E-state index contributed by atoms with van der Waals surface area (Å²) in [5.74, 6) is 0.960. The van der Waals surface area contributed by atoms with Crippen molar-refractivity contribution < 1.29 is 8.60 Å². The van der Waals surface area contributed by atoms with Gasteiger partial charge in [0.05, 0.1) is 18.2 Å². The van der Waals surface area contributed by atoms with Crippen molar-refractivity contribution in [1.29, 1.82) is 5.26 Å². The second-order valence-electron chi connectivity index (χ2n) is 6.41. The SMILES string of the molecule is CCNC(=NCc1cc(C#N)ccc1F)NC1CCCC(S(=O)CC)C1. The normalized spacial score (nSPS) is 21.7. The second-order valence-corrected chi connectivity index (χ2v) is 8.42. The summed E-state index contributed by atoms with van der Waals surface area (Å²) in [6.07, 6.45) is 3.94. The van der Waals surface area contributed by atoms with Crippen LogP contribution in [0.25, 0.3) is 0 Å². The van der Waals surface area contributed by atoms with Crippen molar-refractivity contribution in [3.05, 3.63) is 35.1 Å². The summed E-state index contributed by atoms with van der Waals surface area (Å²) in [5.41, 5.74) is 0.821. The first-order valence-electron chi connectivity index (χ1n) is 9.17. The zero-order chi connectivity index (χ0) is 18.9. The number of guanidine groups is 1. The van der Waals surface area contributed by atoms with Gasteiger partial charge in [0.15, 0.2) is 5.96 Å². The summed E-state index contributed by atoms with van der Waals surface area (Å²) in [6, 6.07) is 6.53. The fraction of sp³-hybridized carbons (Fsp3) is 0.579. The van der Waals surface area contributed by atoms with E-state index < -0.39 is 10.8 Å². The molecule has 1 aromatic carbocycles. The number of hydrogen-bond acceptors (Lipinski definition) is 3. The maximum absolute atomic E-state index is 13.9. The van der Waals surface area contributed by atoms with Gasteiger partial charge < -0.3 is 10.6 Å². The van der Waals surface area contributed by atoms with Crippen molar-refractivity contribution >= 4 is 16.8 Å². The molecule has 142 valence electrons. The van der Waals surface area contributed by atoms with Gasteiger partial charge in [-0.15, -0.1) is 0 Å². The highest BCUT2D eigenvalue weighted by molar-refractivity contribution is 7.85. The summed E-state index contributed by atoms with van der Waals surface area (Å²) >= 11 is 0. The Morgan fingerprint density at radius 3 is 2.92 bits per heavy atom. The van der Waals surface area contributed by atoms with Crippen molar-refractivity contribution in [2.24, 2.45) is 4.99 Å². The van der Waals surface area contributed by atoms with Crippen LogP contribution in [0.2, 0.25) is 0 Å². The minimum atomic E-state index is -0.773. The van der Waals surface area contributed by atoms with Crippen LogP contribution in [0.3, 0.4) is 0 Å². The van der Waals surface area contributed by atoms with E-state index in [9.17, 15) is 8.60 Å². The quantitative estimate of drug-likeness (QED) is 0.589. The van der Waals surface area contributed by atoms with Crippen molar-refractivity contribution in [1.82, 2.24) is 10.6 Å². The lowest BCUT2D eigenvalue weighted by molar-refractivity contribution is 0.413. The number of nitrogens with one attached hydrogen (secondary N) is 2. The van der Waals surface area contributed by atoms with Gasteiger partial charge in [-0.2, -0.15) is 5.26 Å². The van der Waals surface area contributed by atoms with Gasteiger partial charge in [0.2, 0.25) is 0 Å². The van der Waals surface area contributed by atoms with E-state index in [-0.39, 0.29) is 23.7 Å². The Labute approximate surface area is 157 Å². The average molecular weight is 379 g/mol. The van der Waals surface area contributed by atoms with Gasteiger partial charge >= 0.3 is 0 Å². The fourth-order valence-corrected chi connectivity index (χ4v) is 4.54. The largest absolute Gasteiger partial charge is 0.357 e. The molecule has 0 amide bonds. The van der Waals surface area contributed by atoms with Crippen LogP contribution in [-0.2, 0) is 17.3 Å². The Morgan fingerprint density at radius 1 is 1.42 bits per heavy atom. The molecule has 0 heterocycles. The molecule has 0 aliphatic heterocycles. The van der Waals surface area contributed by atoms with Crippen molar-refractivity contribution in [3.8, 4) is 6.07 Å². The van der Waals surface area contributed by atoms with Crippen molar-refractivity contribution in [3.63, 3.8) is 0 Å². The van der Waals surface area contributed by atoms with Gasteiger partial charge in [-0.3, -0.25) is 4.21 Å². The van der Waals surface area contributed by atoms with E-state index in [1.807, 2.05) is 19.9 Å². The standard InChI is InChI=1S/C19H27FN4OS/c1-3-22-19(23-13-15-10-14(12-21)8-9-18(15)20)24-16-6-5-7-17(11-16)26(25)4-2/h8-10,16-17H,3-7,11,13H2,1-2H3,(H2,22,23,24). The van der Waals surface area contributed by atoms with E-state index >= 15 is 0 Å². The summed E-state index contributed by atoms with van der Waals surface area (Å²) in [5, 5.41) is 15.8. The Balaban J connectivity index is 2.05. The summed E-state index contributed by atoms with van der Waals surface area (Å²) in [4.78, 5) is 4.47.